The molecule has 0 aromatic heterocycles. The lowest BCUT2D eigenvalue weighted by molar-refractivity contribution is -0.0354. The van der Waals surface area contributed by atoms with Crippen LogP contribution in [0, 0.1) is 0 Å². The molecule has 0 heterocycles. The largest absolute Gasteiger partial charge is 0.377 e. The number of benzene rings is 1. The van der Waals surface area contributed by atoms with Gasteiger partial charge in [0.25, 0.3) is 0 Å². The van der Waals surface area contributed by atoms with E-state index in [4.69, 9.17) is 16.3 Å². The van der Waals surface area contributed by atoms with Crippen LogP contribution in [0.2, 0.25) is 5.02 Å². The van der Waals surface area contributed by atoms with E-state index in [9.17, 15) is 0 Å². The Labute approximate surface area is 127 Å². The quantitative estimate of drug-likeness (QED) is 0.813. The van der Waals surface area contributed by atoms with Gasteiger partial charge in [-0.1, -0.05) is 49.6 Å². The van der Waals surface area contributed by atoms with Crippen molar-refractivity contribution in [1.29, 1.82) is 0 Å². The molecule has 0 bridgehead atoms. The Balaban J connectivity index is 2.17. The summed E-state index contributed by atoms with van der Waals surface area (Å²) < 4.78 is 5.96. The maximum absolute atomic E-state index is 6.33. The summed E-state index contributed by atoms with van der Waals surface area (Å²) in [5.41, 5.74) is 1.19. The average Bonchev–Trinajstić information content (AvgIpc) is 2.95. The first kappa shape index (κ1) is 15.8. The number of nitrogens with one attached hydrogen (secondary N) is 1. The zero-order valence-corrected chi connectivity index (χ0v) is 13.4. The lowest BCUT2D eigenvalue weighted by Gasteiger charge is -2.37. The number of hydrogen-bond donors (Lipinski definition) is 1. The number of rotatable bonds is 7. The van der Waals surface area contributed by atoms with Gasteiger partial charge in [0, 0.05) is 18.2 Å². The van der Waals surface area contributed by atoms with Crippen molar-refractivity contribution in [2.75, 3.05) is 13.7 Å². The summed E-state index contributed by atoms with van der Waals surface area (Å²) in [5.74, 6) is 0. The van der Waals surface area contributed by atoms with Gasteiger partial charge >= 0.3 is 0 Å². The topological polar surface area (TPSA) is 21.3 Å². The highest BCUT2D eigenvalue weighted by Gasteiger charge is 2.41. The zero-order chi connectivity index (χ0) is 14.4. The first-order valence-electron chi connectivity index (χ1n) is 7.74. The van der Waals surface area contributed by atoms with Gasteiger partial charge in [-0.2, -0.15) is 0 Å². The van der Waals surface area contributed by atoms with Gasteiger partial charge in [-0.25, -0.2) is 0 Å². The second-order valence-electron chi connectivity index (χ2n) is 5.78. The van der Waals surface area contributed by atoms with Crippen LogP contribution in [0.4, 0.5) is 0 Å². The standard InChI is InChI=1S/C17H26ClNO/c1-3-12-19-16(17(20-2)10-6-7-11-17)13-14-8-4-5-9-15(14)18/h4-5,8-9,16,19H,3,6-7,10-13H2,1-2H3. The van der Waals surface area contributed by atoms with Gasteiger partial charge in [-0.15, -0.1) is 0 Å². The lowest BCUT2D eigenvalue weighted by atomic mass is 9.87. The molecule has 112 valence electrons. The molecule has 0 aliphatic heterocycles. The van der Waals surface area contributed by atoms with Crippen molar-refractivity contribution < 1.29 is 4.74 Å². The summed E-state index contributed by atoms with van der Waals surface area (Å²) in [6.45, 7) is 3.23. The fraction of sp³-hybridized carbons (Fsp3) is 0.647. The first-order chi connectivity index (χ1) is 9.72. The van der Waals surface area contributed by atoms with E-state index in [0.29, 0.717) is 6.04 Å². The van der Waals surface area contributed by atoms with Crippen LogP contribution in [0.3, 0.4) is 0 Å². The Morgan fingerprint density at radius 2 is 2.00 bits per heavy atom. The van der Waals surface area contributed by atoms with Gasteiger partial charge in [-0.05, 0) is 43.9 Å². The SMILES string of the molecule is CCCNC(Cc1ccccc1Cl)C1(OC)CCCC1. The van der Waals surface area contributed by atoms with Crippen LogP contribution in [0.15, 0.2) is 24.3 Å². The van der Waals surface area contributed by atoms with Crippen molar-refractivity contribution >= 4 is 11.6 Å². The van der Waals surface area contributed by atoms with Crippen molar-refractivity contribution in [2.45, 2.75) is 57.1 Å². The van der Waals surface area contributed by atoms with Gasteiger partial charge in [-0.3, -0.25) is 0 Å². The molecule has 1 unspecified atom stereocenters. The van der Waals surface area contributed by atoms with E-state index in [2.05, 4.69) is 24.4 Å². The van der Waals surface area contributed by atoms with Crippen LogP contribution in [0.5, 0.6) is 0 Å². The zero-order valence-electron chi connectivity index (χ0n) is 12.6. The fourth-order valence-corrected chi connectivity index (χ4v) is 3.53. The minimum atomic E-state index is -0.0195. The predicted octanol–water partition coefficient (Wildman–Crippen LogP) is 4.21. The van der Waals surface area contributed by atoms with Crippen LogP contribution in [0.25, 0.3) is 0 Å². The van der Waals surface area contributed by atoms with Crippen molar-refractivity contribution in [1.82, 2.24) is 5.32 Å². The Morgan fingerprint density at radius 1 is 1.30 bits per heavy atom. The van der Waals surface area contributed by atoms with Crippen LogP contribution >= 0.6 is 11.6 Å². The average molecular weight is 296 g/mol. The van der Waals surface area contributed by atoms with Crippen molar-refractivity contribution in [3.8, 4) is 0 Å². The molecule has 2 nitrogen and oxygen atoms in total. The van der Waals surface area contributed by atoms with Crippen LogP contribution < -0.4 is 5.32 Å². The molecule has 1 aliphatic rings. The Kier molecular flexibility index (Phi) is 5.88. The smallest absolute Gasteiger partial charge is 0.0834 e. The Bertz CT molecular complexity index is 415. The molecule has 3 heteroatoms. The number of methoxy groups -OCH3 is 1. The highest BCUT2D eigenvalue weighted by Crippen LogP contribution is 2.37. The molecule has 0 amide bonds. The first-order valence-corrected chi connectivity index (χ1v) is 8.11. The van der Waals surface area contributed by atoms with E-state index in [1.54, 1.807) is 0 Å². The van der Waals surface area contributed by atoms with E-state index in [1.807, 2.05) is 19.2 Å². The van der Waals surface area contributed by atoms with Crippen molar-refractivity contribution in [3.63, 3.8) is 0 Å². The molecule has 0 saturated heterocycles. The molecule has 1 aliphatic carbocycles. The second kappa shape index (κ2) is 7.44. The third kappa shape index (κ3) is 3.55. The van der Waals surface area contributed by atoms with Gasteiger partial charge < -0.3 is 10.1 Å². The third-order valence-corrected chi connectivity index (χ3v) is 4.88. The Morgan fingerprint density at radius 3 is 2.60 bits per heavy atom. The molecule has 1 aromatic rings. The van der Waals surface area contributed by atoms with Gasteiger partial charge in [0.1, 0.15) is 0 Å². The minimum absolute atomic E-state index is 0.0195. The van der Waals surface area contributed by atoms with E-state index in [1.165, 1.54) is 18.4 Å². The normalized spacial score (nSPS) is 19.1. The minimum Gasteiger partial charge on any atom is -0.377 e. The van der Waals surface area contributed by atoms with E-state index in [-0.39, 0.29) is 5.60 Å². The van der Waals surface area contributed by atoms with E-state index >= 15 is 0 Å². The molecule has 1 saturated carbocycles. The summed E-state index contributed by atoms with van der Waals surface area (Å²) in [6.07, 6.45) is 6.90. The summed E-state index contributed by atoms with van der Waals surface area (Å²) in [5, 5.41) is 4.56. The highest BCUT2D eigenvalue weighted by atomic mass is 35.5. The van der Waals surface area contributed by atoms with Gasteiger partial charge in [0.15, 0.2) is 0 Å². The predicted molar refractivity (Wildman–Crippen MR) is 85.4 cm³/mol. The molecule has 20 heavy (non-hydrogen) atoms. The lowest BCUT2D eigenvalue weighted by Crippen LogP contribution is -2.52. The summed E-state index contributed by atoms with van der Waals surface area (Å²) in [4.78, 5) is 0. The maximum Gasteiger partial charge on any atom is 0.0834 e. The molecular formula is C17H26ClNO. The third-order valence-electron chi connectivity index (χ3n) is 4.51. The number of halogens is 1. The summed E-state index contributed by atoms with van der Waals surface area (Å²) in [7, 11) is 1.86. The summed E-state index contributed by atoms with van der Waals surface area (Å²) >= 11 is 6.33. The van der Waals surface area contributed by atoms with Crippen LogP contribution in [-0.2, 0) is 11.2 Å². The van der Waals surface area contributed by atoms with Crippen molar-refractivity contribution in [3.05, 3.63) is 34.9 Å². The highest BCUT2D eigenvalue weighted by molar-refractivity contribution is 6.31. The number of hydrogen-bond acceptors (Lipinski definition) is 2. The van der Waals surface area contributed by atoms with Gasteiger partial charge in [0.05, 0.1) is 5.60 Å². The fourth-order valence-electron chi connectivity index (χ4n) is 3.31. The monoisotopic (exact) mass is 295 g/mol. The molecule has 2 rings (SSSR count). The molecule has 1 fully saturated rings. The molecular weight excluding hydrogens is 270 g/mol. The molecule has 1 atom stereocenters. The summed E-state index contributed by atoms with van der Waals surface area (Å²) in [6, 6.07) is 8.49. The van der Waals surface area contributed by atoms with E-state index < -0.39 is 0 Å². The van der Waals surface area contributed by atoms with Gasteiger partial charge in [0.2, 0.25) is 0 Å². The number of ether oxygens (including phenoxy) is 1. The maximum atomic E-state index is 6.33. The Hall–Kier alpha value is -0.570. The molecule has 0 radical (unpaired) electrons. The molecule has 1 aromatic carbocycles. The van der Waals surface area contributed by atoms with Crippen molar-refractivity contribution in [2.24, 2.45) is 0 Å². The molecule has 1 N–H and O–H groups in total. The van der Waals surface area contributed by atoms with E-state index in [0.717, 1.165) is 37.3 Å². The van der Waals surface area contributed by atoms with Crippen LogP contribution in [0.1, 0.15) is 44.6 Å². The molecule has 0 spiro atoms. The second-order valence-corrected chi connectivity index (χ2v) is 6.19. The van der Waals surface area contributed by atoms with Crippen LogP contribution in [-0.4, -0.2) is 25.3 Å².